The molecule has 1 saturated carbocycles. The van der Waals surface area contributed by atoms with E-state index in [1.807, 2.05) is 20.8 Å². The molecule has 0 aliphatic heterocycles. The third-order valence-electron chi connectivity index (χ3n) is 7.36. The zero-order valence-corrected chi connectivity index (χ0v) is 25.3. The Morgan fingerprint density at radius 2 is 1.86 bits per heavy atom. The number of methoxy groups -OCH3 is 1. The van der Waals surface area contributed by atoms with Gasteiger partial charge in [0.25, 0.3) is 0 Å². The number of nitrogens with zero attached hydrogens (tertiary/aromatic N) is 1. The first-order valence-electron chi connectivity index (χ1n) is 14.1. The lowest BCUT2D eigenvalue weighted by Crippen LogP contribution is -2.39. The minimum absolute atomic E-state index is 0.168. The van der Waals surface area contributed by atoms with Gasteiger partial charge in [-0.25, -0.2) is 4.39 Å². The fraction of sp³-hybridized carbons (Fsp3) is 0.438. The molecule has 6 nitrogen and oxygen atoms in total. The normalized spacial score (nSPS) is 14.5. The first-order chi connectivity index (χ1) is 20.3. The van der Waals surface area contributed by atoms with Gasteiger partial charge < -0.3 is 20.1 Å². The fourth-order valence-electron chi connectivity index (χ4n) is 4.60. The van der Waals surface area contributed by atoms with E-state index in [-0.39, 0.29) is 34.8 Å². The van der Waals surface area contributed by atoms with Gasteiger partial charge in [-0.1, -0.05) is 11.6 Å². The van der Waals surface area contributed by atoms with E-state index >= 15 is 0 Å². The van der Waals surface area contributed by atoms with Crippen molar-refractivity contribution in [2.45, 2.75) is 57.3 Å². The van der Waals surface area contributed by atoms with Crippen LogP contribution in [0.2, 0.25) is 5.02 Å². The zero-order chi connectivity index (χ0) is 31.4. The quantitative estimate of drug-likeness (QED) is 0.115. The smallest absolute Gasteiger partial charge is 0.398 e. The third-order valence-corrected chi connectivity index (χ3v) is 7.65. The second kappa shape index (κ2) is 13.7. The van der Waals surface area contributed by atoms with Gasteiger partial charge in [0.1, 0.15) is 17.5 Å². The first kappa shape index (κ1) is 32.9. The van der Waals surface area contributed by atoms with Crippen LogP contribution < -0.4 is 15.4 Å². The van der Waals surface area contributed by atoms with Crippen LogP contribution in [0, 0.1) is 12.7 Å². The largest absolute Gasteiger partial charge is 0.490 e. The highest BCUT2D eigenvalue weighted by atomic mass is 35.5. The Hall–Kier alpha value is -3.05. The van der Waals surface area contributed by atoms with Crippen LogP contribution in [0.25, 0.3) is 11.3 Å². The van der Waals surface area contributed by atoms with E-state index in [0.717, 1.165) is 24.5 Å². The number of nitrogens with one attached hydrogen (secondary N) is 2. The Morgan fingerprint density at radius 1 is 1.12 bits per heavy atom. The van der Waals surface area contributed by atoms with Gasteiger partial charge in [0.15, 0.2) is 5.78 Å². The van der Waals surface area contributed by atoms with Crippen LogP contribution in [0.4, 0.5) is 17.6 Å². The lowest BCUT2D eigenvalue weighted by Gasteiger charge is -2.29. The third kappa shape index (κ3) is 8.75. The Bertz CT molecular complexity index is 1440. The standard InChI is InChI=1S/C32H36ClF4N3O3/c1-19-13-21(6-10-30(19)43-23-7-8-23)29(41)18-38-17-24(32(35,36)37)28-16-22(31(2,3)39-11-12-42-4)15-27(40-28)20-5-9-26(34)25(33)14-20/h5-6,9-10,13-16,23-24,38-39H,7-8,11-12,17-18H2,1-4H3. The minimum atomic E-state index is -4.68. The van der Waals surface area contributed by atoms with Crippen molar-refractivity contribution in [3.63, 3.8) is 0 Å². The Morgan fingerprint density at radius 3 is 2.49 bits per heavy atom. The van der Waals surface area contributed by atoms with E-state index in [1.165, 1.54) is 18.2 Å². The number of alkyl halides is 3. The van der Waals surface area contributed by atoms with Crippen LogP contribution in [0.1, 0.15) is 59.8 Å². The van der Waals surface area contributed by atoms with Crippen molar-refractivity contribution in [3.8, 4) is 17.0 Å². The molecule has 0 radical (unpaired) electrons. The highest BCUT2D eigenvalue weighted by molar-refractivity contribution is 6.31. The van der Waals surface area contributed by atoms with Gasteiger partial charge in [-0.15, -0.1) is 0 Å². The van der Waals surface area contributed by atoms with E-state index in [9.17, 15) is 22.4 Å². The number of benzene rings is 2. The van der Waals surface area contributed by atoms with E-state index in [0.29, 0.717) is 35.6 Å². The second-order valence-corrected chi connectivity index (χ2v) is 11.7. The molecule has 1 atom stereocenters. The number of pyridine rings is 1. The van der Waals surface area contributed by atoms with Gasteiger partial charge in [-0.3, -0.25) is 9.78 Å². The summed E-state index contributed by atoms with van der Waals surface area (Å²) in [5.74, 6) is -2.31. The molecule has 1 aliphatic carbocycles. The number of hydrogen-bond donors (Lipinski definition) is 2. The highest BCUT2D eigenvalue weighted by Gasteiger charge is 2.42. The Kier molecular flexibility index (Phi) is 10.5. The topological polar surface area (TPSA) is 72.5 Å². The van der Waals surface area contributed by atoms with Crippen LogP contribution in [0.15, 0.2) is 48.5 Å². The molecule has 1 aromatic heterocycles. The molecule has 1 fully saturated rings. The van der Waals surface area contributed by atoms with E-state index in [1.54, 1.807) is 31.4 Å². The molecule has 2 N–H and O–H groups in total. The van der Waals surface area contributed by atoms with Crippen molar-refractivity contribution < 1.29 is 31.8 Å². The van der Waals surface area contributed by atoms with Gasteiger partial charge in [0.05, 0.1) is 35.7 Å². The zero-order valence-electron chi connectivity index (χ0n) is 24.6. The average molecular weight is 622 g/mol. The SMILES string of the molecule is COCCNC(C)(C)c1cc(-c2ccc(F)c(Cl)c2)nc(C(CNCC(=O)c2ccc(OC3CC3)c(C)c2)C(F)(F)F)c1. The maximum Gasteiger partial charge on any atom is 0.398 e. The number of aromatic nitrogens is 1. The summed E-state index contributed by atoms with van der Waals surface area (Å²) in [5.41, 5.74) is 1.30. The molecule has 1 unspecified atom stereocenters. The van der Waals surface area contributed by atoms with Gasteiger partial charge in [0, 0.05) is 36.9 Å². The highest BCUT2D eigenvalue weighted by Crippen LogP contribution is 2.37. The predicted molar refractivity (Wildman–Crippen MR) is 158 cm³/mol. The Balaban J connectivity index is 1.59. The summed E-state index contributed by atoms with van der Waals surface area (Å²) < 4.78 is 68.3. The van der Waals surface area contributed by atoms with Crippen LogP contribution in [0.5, 0.6) is 5.75 Å². The first-order valence-corrected chi connectivity index (χ1v) is 14.5. The fourth-order valence-corrected chi connectivity index (χ4v) is 4.78. The molecule has 43 heavy (non-hydrogen) atoms. The van der Waals surface area contributed by atoms with Crippen molar-refractivity contribution in [2.24, 2.45) is 0 Å². The van der Waals surface area contributed by atoms with E-state index in [2.05, 4.69) is 15.6 Å². The summed E-state index contributed by atoms with van der Waals surface area (Å²) in [7, 11) is 1.56. The molecule has 2 aromatic carbocycles. The number of hydrogen-bond acceptors (Lipinski definition) is 6. The molecule has 3 aromatic rings. The summed E-state index contributed by atoms with van der Waals surface area (Å²) >= 11 is 5.99. The molecular weight excluding hydrogens is 586 g/mol. The van der Waals surface area contributed by atoms with E-state index < -0.39 is 30.0 Å². The summed E-state index contributed by atoms with van der Waals surface area (Å²) in [6, 6.07) is 12.0. The lowest BCUT2D eigenvalue weighted by atomic mass is 9.90. The molecule has 0 amide bonds. The molecule has 4 rings (SSSR count). The molecular formula is C32H36ClF4N3O3. The molecule has 0 spiro atoms. The number of Topliss-reactive ketones (excluding diaryl/α,β-unsaturated/α-hetero) is 1. The molecule has 1 heterocycles. The maximum atomic E-state index is 14.5. The number of ether oxygens (including phenoxy) is 2. The number of carbonyl (C=O) groups excluding carboxylic acids is 1. The predicted octanol–water partition coefficient (Wildman–Crippen LogP) is 6.98. The van der Waals surface area contributed by atoms with Gasteiger partial charge >= 0.3 is 6.18 Å². The number of halogens is 5. The summed E-state index contributed by atoms with van der Waals surface area (Å²) in [4.78, 5) is 17.2. The number of rotatable bonds is 14. The number of carbonyl (C=O) groups is 1. The summed E-state index contributed by atoms with van der Waals surface area (Å²) in [6.45, 7) is 5.50. The second-order valence-electron chi connectivity index (χ2n) is 11.3. The van der Waals surface area contributed by atoms with Crippen molar-refractivity contribution in [2.75, 3.05) is 33.4 Å². The monoisotopic (exact) mass is 621 g/mol. The van der Waals surface area contributed by atoms with Crippen LogP contribution in [-0.2, 0) is 10.3 Å². The van der Waals surface area contributed by atoms with Crippen LogP contribution >= 0.6 is 11.6 Å². The number of ketones is 1. The van der Waals surface area contributed by atoms with Gasteiger partial charge in [-0.05, 0) is 93.3 Å². The molecule has 0 saturated heterocycles. The lowest BCUT2D eigenvalue weighted by molar-refractivity contribution is -0.150. The van der Waals surface area contributed by atoms with Gasteiger partial charge in [-0.2, -0.15) is 13.2 Å². The van der Waals surface area contributed by atoms with Crippen molar-refractivity contribution in [1.29, 1.82) is 0 Å². The Labute approximate surface area is 254 Å². The van der Waals surface area contributed by atoms with Crippen molar-refractivity contribution >= 4 is 17.4 Å². The average Bonchev–Trinajstić information content (AvgIpc) is 3.77. The molecule has 11 heteroatoms. The van der Waals surface area contributed by atoms with Gasteiger partial charge in [0.2, 0.25) is 0 Å². The number of aryl methyl sites for hydroxylation is 1. The minimum Gasteiger partial charge on any atom is -0.490 e. The summed E-state index contributed by atoms with van der Waals surface area (Å²) in [5, 5.41) is 5.82. The van der Waals surface area contributed by atoms with Crippen LogP contribution in [0.3, 0.4) is 0 Å². The molecule has 232 valence electrons. The van der Waals surface area contributed by atoms with Crippen molar-refractivity contribution in [3.05, 3.63) is 81.8 Å². The van der Waals surface area contributed by atoms with E-state index in [4.69, 9.17) is 21.1 Å². The van der Waals surface area contributed by atoms with Crippen molar-refractivity contribution in [1.82, 2.24) is 15.6 Å². The summed E-state index contributed by atoms with van der Waals surface area (Å²) in [6.07, 6.45) is -2.46. The molecule has 1 aliphatic rings. The maximum absolute atomic E-state index is 14.5. The van der Waals surface area contributed by atoms with Crippen LogP contribution in [-0.4, -0.2) is 56.4 Å². The molecule has 0 bridgehead atoms.